The van der Waals surface area contributed by atoms with E-state index in [1.165, 1.54) is 12.8 Å². The van der Waals surface area contributed by atoms with Crippen LogP contribution >= 0.6 is 0 Å². The van der Waals surface area contributed by atoms with Crippen molar-refractivity contribution in [2.24, 2.45) is 11.8 Å². The van der Waals surface area contributed by atoms with E-state index in [2.05, 4.69) is 31.0 Å². The minimum absolute atomic E-state index is 0.0169. The average Bonchev–Trinajstić information content (AvgIpc) is 3.74. The zero-order chi connectivity index (χ0) is 31.5. The third-order valence-electron chi connectivity index (χ3n) is 10.3. The molecule has 46 heavy (non-hydrogen) atoms. The van der Waals surface area contributed by atoms with Crippen LogP contribution in [0, 0.1) is 11.8 Å². The van der Waals surface area contributed by atoms with Gasteiger partial charge in [0.25, 0.3) is 0 Å². The van der Waals surface area contributed by atoms with Gasteiger partial charge in [-0.25, -0.2) is 14.7 Å². The van der Waals surface area contributed by atoms with Crippen molar-refractivity contribution in [2.45, 2.75) is 57.0 Å². The zero-order valence-corrected chi connectivity index (χ0v) is 26.2. The van der Waals surface area contributed by atoms with E-state index in [9.17, 15) is 14.4 Å². The van der Waals surface area contributed by atoms with E-state index in [-0.39, 0.29) is 23.7 Å². The van der Waals surface area contributed by atoms with Gasteiger partial charge in [-0.3, -0.25) is 14.5 Å². The van der Waals surface area contributed by atoms with E-state index in [1.54, 1.807) is 15.7 Å². The van der Waals surface area contributed by atoms with Crippen molar-refractivity contribution >= 4 is 22.8 Å². The Morgan fingerprint density at radius 1 is 0.870 bits per heavy atom. The molecule has 1 atom stereocenters. The number of aromatic amines is 2. The van der Waals surface area contributed by atoms with Crippen molar-refractivity contribution in [3.05, 3.63) is 70.8 Å². The molecule has 7 rings (SSSR count). The molecule has 0 bridgehead atoms. The second-order valence-corrected chi connectivity index (χ2v) is 13.1. The number of benzene rings is 2. The number of nitrogens with zero attached hydrogens (tertiary/aromatic N) is 5. The first-order valence-corrected chi connectivity index (χ1v) is 16.7. The minimum atomic E-state index is -0.675. The fourth-order valence-corrected chi connectivity index (χ4v) is 7.68. The van der Waals surface area contributed by atoms with Gasteiger partial charge in [0.05, 0.1) is 11.7 Å². The molecule has 3 aliphatic rings. The van der Waals surface area contributed by atoms with Gasteiger partial charge in [-0.2, -0.15) is 10.2 Å². The van der Waals surface area contributed by atoms with Crippen LogP contribution in [0.2, 0.25) is 0 Å². The van der Waals surface area contributed by atoms with Gasteiger partial charge in [0, 0.05) is 49.6 Å². The maximum Gasteiger partial charge on any atom is 0.343 e. The number of piperidine rings is 3. The van der Waals surface area contributed by atoms with Crippen LogP contribution in [0.1, 0.15) is 50.1 Å². The van der Waals surface area contributed by atoms with Crippen LogP contribution in [0.15, 0.2) is 59.5 Å². The minimum Gasteiger partial charge on any atom is -0.341 e. The summed E-state index contributed by atoms with van der Waals surface area (Å²) in [6.45, 7) is 4.59. The summed E-state index contributed by atoms with van der Waals surface area (Å²) < 4.78 is 1.72. The largest absolute Gasteiger partial charge is 0.343 e. The summed E-state index contributed by atoms with van der Waals surface area (Å²) in [6.07, 6.45) is 7.88. The highest BCUT2D eigenvalue weighted by Gasteiger charge is 2.34. The molecule has 0 radical (unpaired) electrons. The third-order valence-corrected chi connectivity index (χ3v) is 10.3. The van der Waals surface area contributed by atoms with Crippen molar-refractivity contribution in [1.82, 2.24) is 45.4 Å². The molecule has 12 nitrogen and oxygen atoms in total. The van der Waals surface area contributed by atoms with Crippen molar-refractivity contribution in [3.8, 4) is 11.4 Å². The number of urea groups is 1. The van der Waals surface area contributed by atoms with Gasteiger partial charge >= 0.3 is 11.7 Å². The van der Waals surface area contributed by atoms with Crippen molar-refractivity contribution < 1.29 is 9.59 Å². The SMILES string of the molecule is O=C(NC(Cc1ccc2[nH]ncc2c1)C(=O)N1CCC(C2CCNCC2)CC1)N1CCC(n2c(-c3ccccc3)n[nH]c2=O)CC1. The Balaban J connectivity index is 1.02. The number of fused-ring (bicyclic) bond motifs is 1. The Hall–Kier alpha value is -4.45. The highest BCUT2D eigenvalue weighted by atomic mass is 16.2. The van der Waals surface area contributed by atoms with Crippen LogP contribution in [0.25, 0.3) is 22.3 Å². The number of rotatable bonds is 7. The van der Waals surface area contributed by atoms with E-state index in [0.29, 0.717) is 44.1 Å². The van der Waals surface area contributed by atoms with Crippen LogP contribution < -0.4 is 16.3 Å². The number of likely N-dealkylation sites (tertiary alicyclic amines) is 2. The molecule has 0 aliphatic carbocycles. The predicted molar refractivity (Wildman–Crippen MR) is 175 cm³/mol. The summed E-state index contributed by atoms with van der Waals surface area (Å²) in [5, 5.41) is 21.6. The Labute approximate surface area is 267 Å². The average molecular weight is 626 g/mol. The predicted octanol–water partition coefficient (Wildman–Crippen LogP) is 3.31. The van der Waals surface area contributed by atoms with Crippen LogP contribution in [0.3, 0.4) is 0 Å². The number of nitrogens with one attached hydrogen (secondary N) is 4. The van der Waals surface area contributed by atoms with E-state index in [0.717, 1.165) is 67.0 Å². The summed E-state index contributed by atoms with van der Waals surface area (Å²) >= 11 is 0. The van der Waals surface area contributed by atoms with Gasteiger partial charge in [0.15, 0.2) is 5.82 Å². The standard InChI is InChI=1S/C34H43N9O3/c44-32(41-16-10-25(11-17-41)24-8-14-35-15-9-24)30(21-23-6-7-29-27(20-23)22-36-38-29)37-33(45)42-18-12-28(13-19-42)43-31(39-40-34(43)46)26-4-2-1-3-5-26/h1-7,20,22,24-25,28,30,35H,8-19,21H2,(H,36,38)(H,37,45)(H,40,46). The molecule has 5 heterocycles. The smallest absolute Gasteiger partial charge is 0.341 e. The summed E-state index contributed by atoms with van der Waals surface area (Å²) in [5.41, 5.74) is 2.54. The van der Waals surface area contributed by atoms with Gasteiger partial charge < -0.3 is 20.4 Å². The summed E-state index contributed by atoms with van der Waals surface area (Å²) in [4.78, 5) is 44.2. The van der Waals surface area contributed by atoms with Gasteiger partial charge in [-0.05, 0) is 81.1 Å². The first kappa shape index (κ1) is 30.2. The highest BCUT2D eigenvalue weighted by Crippen LogP contribution is 2.31. The number of H-pyrrole nitrogens is 2. The van der Waals surface area contributed by atoms with E-state index >= 15 is 0 Å². The van der Waals surface area contributed by atoms with Gasteiger partial charge in [0.1, 0.15) is 6.04 Å². The molecule has 0 spiro atoms. The Kier molecular flexibility index (Phi) is 8.87. The third kappa shape index (κ3) is 6.44. The molecule has 4 N–H and O–H groups in total. The van der Waals surface area contributed by atoms with E-state index < -0.39 is 6.04 Å². The summed E-state index contributed by atoms with van der Waals surface area (Å²) in [7, 11) is 0. The molecule has 2 aromatic carbocycles. The fraction of sp³-hybridized carbons (Fsp3) is 0.500. The number of hydrogen-bond donors (Lipinski definition) is 4. The molecule has 12 heteroatoms. The van der Waals surface area contributed by atoms with Gasteiger partial charge in [0.2, 0.25) is 5.91 Å². The lowest BCUT2D eigenvalue weighted by molar-refractivity contribution is -0.135. The number of aromatic nitrogens is 5. The number of carbonyl (C=O) groups is 2. The lowest BCUT2D eigenvalue weighted by Crippen LogP contribution is -2.55. The molecule has 0 saturated carbocycles. The molecule has 2 aromatic heterocycles. The number of hydrogen-bond acceptors (Lipinski definition) is 6. The van der Waals surface area contributed by atoms with E-state index in [4.69, 9.17) is 0 Å². The monoisotopic (exact) mass is 625 g/mol. The molecule has 3 aliphatic heterocycles. The zero-order valence-electron chi connectivity index (χ0n) is 26.2. The van der Waals surface area contributed by atoms with Gasteiger partial charge in [-0.15, -0.1) is 0 Å². The van der Waals surface area contributed by atoms with Crippen LogP contribution in [-0.4, -0.2) is 92.0 Å². The Morgan fingerprint density at radius 2 is 1.59 bits per heavy atom. The lowest BCUT2D eigenvalue weighted by atomic mass is 9.79. The highest BCUT2D eigenvalue weighted by molar-refractivity contribution is 5.88. The lowest BCUT2D eigenvalue weighted by Gasteiger charge is -2.39. The second kappa shape index (κ2) is 13.5. The van der Waals surface area contributed by atoms with Crippen LogP contribution in [0.4, 0.5) is 4.79 Å². The van der Waals surface area contributed by atoms with Crippen molar-refractivity contribution in [2.75, 3.05) is 39.3 Å². The molecule has 242 valence electrons. The van der Waals surface area contributed by atoms with Crippen molar-refractivity contribution in [3.63, 3.8) is 0 Å². The molecule has 3 fully saturated rings. The first-order chi connectivity index (χ1) is 22.5. The molecular formula is C34H43N9O3. The Bertz CT molecular complexity index is 1690. The molecule has 4 aromatic rings. The molecule has 3 amide bonds. The second-order valence-electron chi connectivity index (χ2n) is 13.1. The van der Waals surface area contributed by atoms with Crippen LogP contribution in [0.5, 0.6) is 0 Å². The Morgan fingerprint density at radius 3 is 2.35 bits per heavy atom. The first-order valence-electron chi connectivity index (χ1n) is 16.7. The maximum absolute atomic E-state index is 14.1. The van der Waals surface area contributed by atoms with E-state index in [1.807, 2.05) is 53.4 Å². The number of amides is 3. The summed E-state index contributed by atoms with van der Waals surface area (Å²) in [5.74, 6) is 1.99. The quantitative estimate of drug-likeness (QED) is 0.248. The van der Waals surface area contributed by atoms with Gasteiger partial charge in [-0.1, -0.05) is 36.4 Å². The van der Waals surface area contributed by atoms with Crippen LogP contribution in [-0.2, 0) is 11.2 Å². The van der Waals surface area contributed by atoms with Crippen molar-refractivity contribution in [1.29, 1.82) is 0 Å². The summed E-state index contributed by atoms with van der Waals surface area (Å²) in [6, 6.07) is 14.7. The number of carbonyl (C=O) groups excluding carboxylic acids is 2. The molecule has 1 unspecified atom stereocenters. The normalized spacial score (nSPS) is 19.4. The maximum atomic E-state index is 14.1. The molecule has 3 saturated heterocycles. The fourth-order valence-electron chi connectivity index (χ4n) is 7.68. The topological polar surface area (TPSA) is 144 Å². The molecular weight excluding hydrogens is 582 g/mol.